The first kappa shape index (κ1) is 26.5. The molecule has 0 saturated heterocycles. The standard InChI is InChI=1S/C39H31N3O/c43-27-36-31(23-22-29-14-12-24-40-38(29)36)25-30-13-10-11-21-35(30)37-26-42(28-41-37)39(32-15-4-1-5-16-32,33-17-6-2-7-18-33)34-19-8-3-9-20-34/h1-21,24-28,36H,22-23H2/b31-25+. The molecule has 1 aliphatic carbocycles. The molecule has 6 aromatic rings. The van der Waals surface area contributed by atoms with Crippen LogP contribution in [0.3, 0.4) is 0 Å². The average Bonchev–Trinajstić information content (AvgIpc) is 3.57. The summed E-state index contributed by atoms with van der Waals surface area (Å²) >= 11 is 0. The molecule has 2 aromatic heterocycles. The van der Waals surface area contributed by atoms with Crippen molar-refractivity contribution in [3.63, 3.8) is 0 Å². The van der Waals surface area contributed by atoms with Gasteiger partial charge in [-0.25, -0.2) is 4.98 Å². The fourth-order valence-corrected chi connectivity index (χ4v) is 6.55. The molecule has 1 unspecified atom stereocenters. The number of imidazole rings is 1. The molecule has 0 radical (unpaired) electrons. The number of hydrogen-bond donors (Lipinski definition) is 0. The van der Waals surface area contributed by atoms with Gasteiger partial charge in [0.15, 0.2) is 0 Å². The van der Waals surface area contributed by atoms with Crippen molar-refractivity contribution in [2.24, 2.45) is 0 Å². The lowest BCUT2D eigenvalue weighted by Crippen LogP contribution is -2.36. The Hall–Kier alpha value is -5.35. The van der Waals surface area contributed by atoms with Crippen LogP contribution in [0.25, 0.3) is 17.3 Å². The number of aldehydes is 1. The maximum atomic E-state index is 12.3. The van der Waals surface area contributed by atoms with Crippen molar-refractivity contribution in [2.75, 3.05) is 0 Å². The maximum absolute atomic E-state index is 12.3. The zero-order valence-corrected chi connectivity index (χ0v) is 23.8. The monoisotopic (exact) mass is 557 g/mol. The first-order chi connectivity index (χ1) is 21.3. The van der Waals surface area contributed by atoms with Gasteiger partial charge in [-0.1, -0.05) is 133 Å². The Morgan fingerprint density at radius 1 is 0.674 bits per heavy atom. The summed E-state index contributed by atoms with van der Waals surface area (Å²) in [6.07, 6.45) is 10.8. The molecule has 2 heterocycles. The van der Waals surface area contributed by atoms with Crippen molar-refractivity contribution in [1.82, 2.24) is 14.5 Å². The minimum absolute atomic E-state index is 0.336. The fourth-order valence-electron chi connectivity index (χ4n) is 6.55. The molecule has 4 nitrogen and oxygen atoms in total. The van der Waals surface area contributed by atoms with E-state index in [0.29, 0.717) is 0 Å². The molecular weight excluding hydrogens is 526 g/mol. The first-order valence-electron chi connectivity index (χ1n) is 14.7. The SMILES string of the molecule is O=CC1/C(=C/c2ccccc2-c2cn(C(c3ccccc3)(c3ccccc3)c3ccccc3)cn2)CCc2cccnc21. The Bertz CT molecular complexity index is 1790. The van der Waals surface area contributed by atoms with Gasteiger partial charge in [-0.3, -0.25) is 4.98 Å². The van der Waals surface area contributed by atoms with Crippen LogP contribution in [0.15, 0.2) is 152 Å². The quantitative estimate of drug-likeness (QED) is 0.147. The van der Waals surface area contributed by atoms with E-state index in [9.17, 15) is 4.79 Å². The molecule has 0 spiro atoms. The Labute approximate surface area is 252 Å². The summed E-state index contributed by atoms with van der Waals surface area (Å²) < 4.78 is 2.24. The van der Waals surface area contributed by atoms with Crippen LogP contribution < -0.4 is 0 Å². The van der Waals surface area contributed by atoms with Crippen molar-refractivity contribution >= 4 is 12.4 Å². The van der Waals surface area contributed by atoms with Crippen LogP contribution in [-0.2, 0) is 16.8 Å². The van der Waals surface area contributed by atoms with E-state index in [-0.39, 0.29) is 5.92 Å². The number of rotatable bonds is 7. The number of allylic oxidation sites excluding steroid dienone is 1. The third kappa shape index (κ3) is 4.71. The van der Waals surface area contributed by atoms with Gasteiger partial charge in [0.25, 0.3) is 0 Å². The second-order valence-corrected chi connectivity index (χ2v) is 10.9. The molecule has 0 fully saturated rings. The van der Waals surface area contributed by atoms with E-state index < -0.39 is 5.54 Å². The highest BCUT2D eigenvalue weighted by Crippen LogP contribution is 2.42. The van der Waals surface area contributed by atoms with E-state index in [1.807, 2.05) is 24.5 Å². The van der Waals surface area contributed by atoms with Gasteiger partial charge in [0, 0.05) is 18.0 Å². The number of nitrogens with zero attached hydrogens (tertiary/aromatic N) is 3. The van der Waals surface area contributed by atoms with Crippen LogP contribution in [0.1, 0.15) is 45.8 Å². The Morgan fingerprint density at radius 2 is 1.28 bits per heavy atom. The van der Waals surface area contributed by atoms with E-state index in [1.165, 1.54) is 0 Å². The van der Waals surface area contributed by atoms with E-state index in [0.717, 1.165) is 69.5 Å². The maximum Gasteiger partial charge on any atom is 0.133 e. The topological polar surface area (TPSA) is 47.8 Å². The molecule has 0 amide bonds. The van der Waals surface area contributed by atoms with Crippen LogP contribution in [0, 0.1) is 0 Å². The molecule has 4 aromatic carbocycles. The highest BCUT2D eigenvalue weighted by Gasteiger charge is 2.38. The zero-order valence-electron chi connectivity index (χ0n) is 23.8. The van der Waals surface area contributed by atoms with Gasteiger partial charge in [-0.05, 0) is 46.7 Å². The molecular formula is C39H31N3O. The fraction of sp³-hybridized carbons (Fsp3) is 0.103. The number of hydrogen-bond acceptors (Lipinski definition) is 3. The van der Waals surface area contributed by atoms with Gasteiger partial charge >= 0.3 is 0 Å². The molecule has 7 rings (SSSR count). The van der Waals surface area contributed by atoms with Gasteiger partial charge in [0.2, 0.25) is 0 Å². The lowest BCUT2D eigenvalue weighted by molar-refractivity contribution is -0.108. The summed E-state index contributed by atoms with van der Waals surface area (Å²) in [5.41, 5.74) is 8.85. The smallest absolute Gasteiger partial charge is 0.133 e. The molecule has 4 heteroatoms. The number of aromatic nitrogens is 3. The van der Waals surface area contributed by atoms with Crippen LogP contribution in [0.4, 0.5) is 0 Å². The summed E-state index contributed by atoms with van der Waals surface area (Å²) in [6, 6.07) is 44.2. The lowest BCUT2D eigenvalue weighted by atomic mass is 9.76. The Balaban J connectivity index is 1.38. The average molecular weight is 558 g/mol. The summed E-state index contributed by atoms with van der Waals surface area (Å²) in [7, 11) is 0. The molecule has 1 aliphatic rings. The van der Waals surface area contributed by atoms with E-state index >= 15 is 0 Å². The normalized spacial score (nSPS) is 15.6. The lowest BCUT2D eigenvalue weighted by Gasteiger charge is -2.37. The third-order valence-corrected chi connectivity index (χ3v) is 8.56. The minimum Gasteiger partial charge on any atom is -0.318 e. The summed E-state index contributed by atoms with van der Waals surface area (Å²) in [4.78, 5) is 21.9. The van der Waals surface area contributed by atoms with Crippen molar-refractivity contribution in [1.29, 1.82) is 0 Å². The summed E-state index contributed by atoms with van der Waals surface area (Å²) in [5, 5.41) is 0. The van der Waals surface area contributed by atoms with Crippen molar-refractivity contribution < 1.29 is 4.79 Å². The van der Waals surface area contributed by atoms with Gasteiger partial charge < -0.3 is 9.36 Å². The van der Waals surface area contributed by atoms with Gasteiger partial charge in [0.1, 0.15) is 11.8 Å². The van der Waals surface area contributed by atoms with Crippen LogP contribution in [0.2, 0.25) is 0 Å². The van der Waals surface area contributed by atoms with Crippen molar-refractivity contribution in [2.45, 2.75) is 24.3 Å². The largest absolute Gasteiger partial charge is 0.318 e. The third-order valence-electron chi connectivity index (χ3n) is 8.56. The molecule has 0 aliphatic heterocycles. The molecule has 0 saturated carbocycles. The van der Waals surface area contributed by atoms with Gasteiger partial charge in [0.05, 0.1) is 23.6 Å². The Kier molecular flexibility index (Phi) is 7.10. The number of benzene rings is 4. The van der Waals surface area contributed by atoms with Crippen molar-refractivity contribution in [3.8, 4) is 11.3 Å². The second kappa shape index (κ2) is 11.5. The molecule has 43 heavy (non-hydrogen) atoms. The summed E-state index contributed by atoms with van der Waals surface area (Å²) in [6.45, 7) is 0. The summed E-state index contributed by atoms with van der Waals surface area (Å²) in [5.74, 6) is -0.336. The number of aryl methyl sites for hydroxylation is 1. The van der Waals surface area contributed by atoms with E-state index in [1.54, 1.807) is 6.20 Å². The van der Waals surface area contributed by atoms with Gasteiger partial charge in [-0.2, -0.15) is 0 Å². The predicted molar refractivity (Wildman–Crippen MR) is 172 cm³/mol. The first-order valence-corrected chi connectivity index (χ1v) is 14.7. The highest BCUT2D eigenvalue weighted by atomic mass is 16.1. The van der Waals surface area contributed by atoms with E-state index in [2.05, 4.69) is 131 Å². The highest BCUT2D eigenvalue weighted by molar-refractivity contribution is 5.78. The molecule has 208 valence electrons. The molecule has 1 atom stereocenters. The molecule has 0 N–H and O–H groups in total. The predicted octanol–water partition coefficient (Wildman–Crippen LogP) is 8.10. The number of fused-ring (bicyclic) bond motifs is 1. The number of carbonyl (C=O) groups is 1. The minimum atomic E-state index is -0.635. The number of pyridine rings is 1. The number of carbonyl (C=O) groups excluding carboxylic acids is 1. The van der Waals surface area contributed by atoms with Crippen LogP contribution >= 0.6 is 0 Å². The zero-order chi connectivity index (χ0) is 29.1. The van der Waals surface area contributed by atoms with Crippen LogP contribution in [-0.4, -0.2) is 20.8 Å². The van der Waals surface area contributed by atoms with Gasteiger partial charge in [-0.15, -0.1) is 0 Å². The van der Waals surface area contributed by atoms with E-state index in [4.69, 9.17) is 4.98 Å². The second-order valence-electron chi connectivity index (χ2n) is 10.9. The van der Waals surface area contributed by atoms with Crippen LogP contribution in [0.5, 0.6) is 0 Å². The molecule has 0 bridgehead atoms. The van der Waals surface area contributed by atoms with Crippen molar-refractivity contribution in [3.05, 3.63) is 185 Å². The Morgan fingerprint density at radius 3 is 1.91 bits per heavy atom.